The van der Waals surface area contributed by atoms with Gasteiger partial charge in [-0.2, -0.15) is 0 Å². The number of carbonyl (C=O) groups excluding carboxylic acids is 2. The maximum Gasteiger partial charge on any atom is 0.321 e. The Hall–Kier alpha value is -1.79. The van der Waals surface area contributed by atoms with Crippen LogP contribution in [0.3, 0.4) is 0 Å². The highest BCUT2D eigenvalue weighted by Crippen LogP contribution is 2.21. The quantitative estimate of drug-likeness (QED) is 0.890. The monoisotopic (exact) mass is 351 g/mol. The first kappa shape index (κ1) is 17.0. The number of anilines is 1. The minimum Gasteiger partial charge on any atom is -0.378 e. The van der Waals surface area contributed by atoms with Crippen LogP contribution in [-0.2, 0) is 9.53 Å². The molecule has 0 spiro atoms. The third-order valence-electron chi connectivity index (χ3n) is 4.48. The molecule has 130 valence electrons. The normalized spacial score (nSPS) is 21.5. The summed E-state index contributed by atoms with van der Waals surface area (Å²) in [7, 11) is 0. The van der Waals surface area contributed by atoms with Gasteiger partial charge in [-0.25, -0.2) is 4.79 Å². The second-order valence-corrected chi connectivity index (χ2v) is 6.60. The van der Waals surface area contributed by atoms with Gasteiger partial charge in [0.25, 0.3) is 0 Å². The summed E-state index contributed by atoms with van der Waals surface area (Å²) in [4.78, 5) is 28.6. The van der Waals surface area contributed by atoms with E-state index in [-0.39, 0.29) is 17.9 Å². The maximum atomic E-state index is 12.6. The third kappa shape index (κ3) is 4.19. The van der Waals surface area contributed by atoms with E-state index in [4.69, 9.17) is 16.3 Å². The molecule has 2 heterocycles. The highest BCUT2D eigenvalue weighted by Gasteiger charge is 2.31. The van der Waals surface area contributed by atoms with E-state index in [1.807, 2.05) is 4.90 Å². The van der Waals surface area contributed by atoms with Crippen LogP contribution in [-0.4, -0.2) is 61.1 Å². The van der Waals surface area contributed by atoms with E-state index in [2.05, 4.69) is 5.32 Å². The molecule has 7 heteroatoms. The van der Waals surface area contributed by atoms with E-state index in [9.17, 15) is 9.59 Å². The summed E-state index contributed by atoms with van der Waals surface area (Å²) in [5.74, 6) is 0.0233. The van der Waals surface area contributed by atoms with Gasteiger partial charge in [0.1, 0.15) is 0 Å². The molecule has 2 aliphatic heterocycles. The van der Waals surface area contributed by atoms with Crippen LogP contribution in [0.25, 0.3) is 0 Å². The van der Waals surface area contributed by atoms with Crippen LogP contribution in [0.4, 0.5) is 10.5 Å². The molecule has 24 heavy (non-hydrogen) atoms. The lowest BCUT2D eigenvalue weighted by atomic mass is 9.96. The van der Waals surface area contributed by atoms with Gasteiger partial charge in [0.05, 0.1) is 19.1 Å². The molecule has 0 radical (unpaired) electrons. The molecule has 3 rings (SSSR count). The van der Waals surface area contributed by atoms with Crippen molar-refractivity contribution in [1.29, 1.82) is 0 Å². The molecule has 0 aliphatic carbocycles. The molecule has 0 saturated carbocycles. The molecular weight excluding hydrogens is 330 g/mol. The van der Waals surface area contributed by atoms with Gasteiger partial charge in [0.15, 0.2) is 0 Å². The minimum absolute atomic E-state index is 0.118. The minimum atomic E-state index is -0.170. The number of carbonyl (C=O) groups is 2. The van der Waals surface area contributed by atoms with E-state index >= 15 is 0 Å². The van der Waals surface area contributed by atoms with Gasteiger partial charge >= 0.3 is 6.03 Å². The lowest BCUT2D eigenvalue weighted by Crippen LogP contribution is -2.50. The number of nitrogens with one attached hydrogen (secondary N) is 1. The fourth-order valence-corrected chi connectivity index (χ4v) is 3.27. The highest BCUT2D eigenvalue weighted by molar-refractivity contribution is 6.30. The summed E-state index contributed by atoms with van der Waals surface area (Å²) in [6.07, 6.45) is 1.68. The van der Waals surface area contributed by atoms with Crippen molar-refractivity contribution in [3.63, 3.8) is 0 Å². The summed E-state index contributed by atoms with van der Waals surface area (Å²) in [5, 5.41) is 3.49. The van der Waals surface area contributed by atoms with Crippen molar-refractivity contribution in [3.8, 4) is 0 Å². The van der Waals surface area contributed by atoms with E-state index in [0.717, 1.165) is 12.8 Å². The Bertz CT molecular complexity index is 587. The molecule has 2 aliphatic rings. The average molecular weight is 352 g/mol. The molecule has 2 saturated heterocycles. The van der Waals surface area contributed by atoms with E-state index in [0.29, 0.717) is 50.1 Å². The molecule has 6 nitrogen and oxygen atoms in total. The van der Waals surface area contributed by atoms with Crippen molar-refractivity contribution in [2.45, 2.75) is 12.8 Å². The van der Waals surface area contributed by atoms with Crippen LogP contribution < -0.4 is 5.32 Å². The molecule has 1 N–H and O–H groups in total. The average Bonchev–Trinajstić information content (AvgIpc) is 2.64. The van der Waals surface area contributed by atoms with Crippen molar-refractivity contribution in [3.05, 3.63) is 29.3 Å². The highest BCUT2D eigenvalue weighted by atomic mass is 35.5. The Morgan fingerprint density at radius 2 is 1.79 bits per heavy atom. The predicted molar refractivity (Wildman–Crippen MR) is 92.2 cm³/mol. The summed E-state index contributed by atoms with van der Waals surface area (Å²) in [5.41, 5.74) is 0.700. The Balaban J connectivity index is 1.57. The predicted octanol–water partition coefficient (Wildman–Crippen LogP) is 2.44. The van der Waals surface area contributed by atoms with Crippen molar-refractivity contribution in [2.24, 2.45) is 5.92 Å². The standard InChI is InChI=1S/C17H22ClN3O3/c18-14-3-5-15(6-4-14)19-17(23)21-7-1-2-13(12-21)16(22)20-8-10-24-11-9-20/h3-6,13H,1-2,7-12H2,(H,19,23). The van der Waals surface area contributed by atoms with Crippen LogP contribution in [0.2, 0.25) is 5.02 Å². The summed E-state index contributed by atoms with van der Waals surface area (Å²) < 4.78 is 5.29. The summed E-state index contributed by atoms with van der Waals surface area (Å²) in [6.45, 7) is 3.62. The zero-order valence-corrected chi connectivity index (χ0v) is 14.3. The van der Waals surface area contributed by atoms with Crippen LogP contribution >= 0.6 is 11.6 Å². The zero-order chi connectivity index (χ0) is 16.9. The van der Waals surface area contributed by atoms with Gasteiger partial charge in [0, 0.05) is 36.9 Å². The van der Waals surface area contributed by atoms with Crippen LogP contribution in [0.15, 0.2) is 24.3 Å². The number of nitrogens with zero attached hydrogens (tertiary/aromatic N) is 2. The van der Waals surface area contributed by atoms with Crippen molar-refractivity contribution >= 4 is 29.2 Å². The number of halogens is 1. The first-order chi connectivity index (χ1) is 11.6. The molecule has 1 unspecified atom stereocenters. The second-order valence-electron chi connectivity index (χ2n) is 6.16. The molecule has 3 amide bonds. The molecule has 1 atom stereocenters. The number of rotatable bonds is 2. The number of amides is 3. The Labute approximate surface area is 146 Å². The fraction of sp³-hybridized carbons (Fsp3) is 0.529. The molecule has 0 bridgehead atoms. The number of hydrogen-bond acceptors (Lipinski definition) is 3. The molecule has 0 aromatic heterocycles. The molecular formula is C17H22ClN3O3. The zero-order valence-electron chi connectivity index (χ0n) is 13.5. The summed E-state index contributed by atoms with van der Waals surface area (Å²) >= 11 is 5.85. The smallest absolute Gasteiger partial charge is 0.321 e. The largest absolute Gasteiger partial charge is 0.378 e. The topological polar surface area (TPSA) is 61.9 Å². The number of morpholine rings is 1. The van der Waals surface area contributed by atoms with Crippen molar-refractivity contribution in [1.82, 2.24) is 9.80 Å². The van der Waals surface area contributed by atoms with Gasteiger partial charge in [-0.15, -0.1) is 0 Å². The number of piperidine rings is 1. The van der Waals surface area contributed by atoms with Gasteiger partial charge in [-0.1, -0.05) is 11.6 Å². The van der Waals surface area contributed by atoms with Crippen molar-refractivity contribution < 1.29 is 14.3 Å². The Morgan fingerprint density at radius 3 is 2.50 bits per heavy atom. The SMILES string of the molecule is O=C(Nc1ccc(Cl)cc1)N1CCCC(C(=O)N2CCOCC2)C1. The number of ether oxygens (including phenoxy) is 1. The third-order valence-corrected chi connectivity index (χ3v) is 4.73. The number of hydrogen-bond donors (Lipinski definition) is 1. The molecule has 1 aromatic carbocycles. The Kier molecular flexibility index (Phi) is 5.58. The van der Waals surface area contributed by atoms with Crippen LogP contribution in [0.5, 0.6) is 0 Å². The Morgan fingerprint density at radius 1 is 1.08 bits per heavy atom. The van der Waals surface area contributed by atoms with Crippen LogP contribution in [0, 0.1) is 5.92 Å². The van der Waals surface area contributed by atoms with Gasteiger partial charge in [0.2, 0.25) is 5.91 Å². The van der Waals surface area contributed by atoms with Crippen LogP contribution in [0.1, 0.15) is 12.8 Å². The fourth-order valence-electron chi connectivity index (χ4n) is 3.14. The van der Waals surface area contributed by atoms with Gasteiger partial charge < -0.3 is 19.9 Å². The van der Waals surface area contributed by atoms with Gasteiger partial charge in [-0.3, -0.25) is 4.79 Å². The number of benzene rings is 1. The molecule has 1 aromatic rings. The second kappa shape index (κ2) is 7.85. The van der Waals surface area contributed by atoms with E-state index in [1.54, 1.807) is 29.2 Å². The lowest BCUT2D eigenvalue weighted by molar-refractivity contribution is -0.141. The molecule has 2 fully saturated rings. The van der Waals surface area contributed by atoms with E-state index < -0.39 is 0 Å². The lowest BCUT2D eigenvalue weighted by Gasteiger charge is -2.36. The maximum absolute atomic E-state index is 12.6. The summed E-state index contributed by atoms with van der Waals surface area (Å²) in [6, 6.07) is 6.83. The van der Waals surface area contributed by atoms with E-state index in [1.165, 1.54) is 0 Å². The number of likely N-dealkylation sites (tertiary alicyclic amines) is 1. The number of urea groups is 1. The van der Waals surface area contributed by atoms with Crippen molar-refractivity contribution in [2.75, 3.05) is 44.7 Å². The first-order valence-corrected chi connectivity index (χ1v) is 8.69. The first-order valence-electron chi connectivity index (χ1n) is 8.31. The van der Waals surface area contributed by atoms with Gasteiger partial charge in [-0.05, 0) is 37.1 Å².